The van der Waals surface area contributed by atoms with E-state index in [0.29, 0.717) is 9.09 Å². The minimum Gasteiger partial charge on any atom is -0.467 e. The molecule has 0 fully saturated rings. The lowest BCUT2D eigenvalue weighted by Crippen LogP contribution is -2.27. The van der Waals surface area contributed by atoms with E-state index in [1.807, 2.05) is 0 Å². The molecule has 1 unspecified atom stereocenters. The van der Waals surface area contributed by atoms with Gasteiger partial charge in [0.2, 0.25) is 5.13 Å². The van der Waals surface area contributed by atoms with E-state index in [1.54, 1.807) is 6.92 Å². The summed E-state index contributed by atoms with van der Waals surface area (Å²) < 4.78 is 5.10. The van der Waals surface area contributed by atoms with Crippen LogP contribution in [0.5, 0.6) is 0 Å². The van der Waals surface area contributed by atoms with E-state index >= 15 is 0 Å². The van der Waals surface area contributed by atoms with Crippen LogP contribution < -0.4 is 5.32 Å². The van der Waals surface area contributed by atoms with E-state index in [4.69, 9.17) is 12.2 Å². The van der Waals surface area contributed by atoms with Crippen molar-refractivity contribution in [1.82, 2.24) is 10.2 Å². The molecule has 0 aliphatic heterocycles. The number of nitrogens with zero attached hydrogens (tertiary/aromatic N) is 1. The van der Waals surface area contributed by atoms with Crippen LogP contribution in [0, 0.1) is 3.95 Å². The SMILES string of the molecule is COC(=O)C(C)Nc1n[nH]c(=S)s1. The standard InChI is InChI=1S/C6H9N3O2S2/c1-3(4(10)11-2)7-5-8-9-6(12)13-5/h3H,1-2H3,(H,7,8)(H,9,12). The summed E-state index contributed by atoms with van der Waals surface area (Å²) in [5, 5.41) is 9.88. The Balaban J connectivity index is 2.59. The van der Waals surface area contributed by atoms with Crippen molar-refractivity contribution >= 4 is 34.7 Å². The quantitative estimate of drug-likeness (QED) is 0.590. The molecule has 0 aromatic carbocycles. The Kier molecular flexibility index (Phi) is 3.38. The van der Waals surface area contributed by atoms with E-state index in [9.17, 15) is 4.79 Å². The van der Waals surface area contributed by atoms with E-state index in [1.165, 1.54) is 18.4 Å². The predicted octanol–water partition coefficient (Wildman–Crippen LogP) is 1.17. The second-order valence-corrected chi connectivity index (χ2v) is 3.97. The van der Waals surface area contributed by atoms with E-state index in [0.717, 1.165) is 0 Å². The molecular weight excluding hydrogens is 210 g/mol. The third-order valence-corrected chi connectivity index (χ3v) is 2.35. The highest BCUT2D eigenvalue weighted by Crippen LogP contribution is 2.12. The van der Waals surface area contributed by atoms with Crippen molar-refractivity contribution in [1.29, 1.82) is 0 Å². The Labute approximate surface area is 84.1 Å². The summed E-state index contributed by atoms with van der Waals surface area (Å²) in [7, 11) is 1.34. The molecule has 0 radical (unpaired) electrons. The molecule has 7 heteroatoms. The number of aromatic nitrogens is 2. The van der Waals surface area contributed by atoms with Crippen LogP contribution in [0.1, 0.15) is 6.92 Å². The minimum absolute atomic E-state index is 0.332. The molecular formula is C6H9N3O2S2. The summed E-state index contributed by atoms with van der Waals surface area (Å²) in [6.45, 7) is 1.69. The first-order valence-electron chi connectivity index (χ1n) is 3.53. The number of carbonyl (C=O) groups excluding carboxylic acids is 1. The van der Waals surface area contributed by atoms with Gasteiger partial charge in [-0.2, -0.15) is 0 Å². The van der Waals surface area contributed by atoms with Gasteiger partial charge in [-0.3, -0.25) is 5.10 Å². The zero-order chi connectivity index (χ0) is 9.84. The van der Waals surface area contributed by atoms with E-state index in [2.05, 4.69) is 20.3 Å². The zero-order valence-corrected chi connectivity index (χ0v) is 8.79. The molecule has 0 aliphatic carbocycles. The van der Waals surface area contributed by atoms with Gasteiger partial charge in [0, 0.05) is 0 Å². The molecule has 1 atom stereocenters. The van der Waals surface area contributed by atoms with Crippen molar-refractivity contribution in [3.63, 3.8) is 0 Å². The Morgan fingerprint density at radius 1 is 1.85 bits per heavy atom. The first kappa shape index (κ1) is 10.1. The lowest BCUT2D eigenvalue weighted by atomic mass is 10.3. The van der Waals surface area contributed by atoms with Crippen molar-refractivity contribution in [3.8, 4) is 0 Å². The van der Waals surface area contributed by atoms with Gasteiger partial charge in [0.05, 0.1) is 7.11 Å². The lowest BCUT2D eigenvalue weighted by molar-refractivity contribution is -0.141. The average Bonchev–Trinajstić information content (AvgIpc) is 2.49. The molecule has 0 amide bonds. The number of esters is 1. The highest BCUT2D eigenvalue weighted by Gasteiger charge is 2.13. The van der Waals surface area contributed by atoms with Crippen LogP contribution in [0.15, 0.2) is 0 Å². The number of carbonyl (C=O) groups is 1. The largest absolute Gasteiger partial charge is 0.467 e. The molecule has 1 heterocycles. The van der Waals surface area contributed by atoms with Gasteiger partial charge in [-0.1, -0.05) is 11.3 Å². The predicted molar refractivity (Wildman–Crippen MR) is 52.4 cm³/mol. The number of nitrogens with one attached hydrogen (secondary N) is 2. The summed E-state index contributed by atoms with van der Waals surface area (Å²) in [6.07, 6.45) is 0. The van der Waals surface area contributed by atoms with Crippen LogP contribution in [-0.2, 0) is 9.53 Å². The third kappa shape index (κ3) is 2.78. The van der Waals surface area contributed by atoms with Gasteiger partial charge >= 0.3 is 5.97 Å². The number of hydrogen-bond donors (Lipinski definition) is 2. The van der Waals surface area contributed by atoms with Crippen molar-refractivity contribution in [2.45, 2.75) is 13.0 Å². The Morgan fingerprint density at radius 2 is 2.54 bits per heavy atom. The normalized spacial score (nSPS) is 12.2. The molecule has 2 N–H and O–H groups in total. The third-order valence-electron chi connectivity index (χ3n) is 1.33. The second-order valence-electron chi connectivity index (χ2n) is 2.31. The molecule has 0 bridgehead atoms. The highest BCUT2D eigenvalue weighted by atomic mass is 32.1. The molecule has 13 heavy (non-hydrogen) atoms. The smallest absolute Gasteiger partial charge is 0.328 e. The molecule has 1 rings (SSSR count). The summed E-state index contributed by atoms with van der Waals surface area (Å²) >= 11 is 6.10. The van der Waals surface area contributed by atoms with Gasteiger partial charge in [-0.05, 0) is 19.1 Å². The Hall–Kier alpha value is -0.950. The molecule has 0 saturated carbocycles. The highest BCUT2D eigenvalue weighted by molar-refractivity contribution is 7.73. The van der Waals surface area contributed by atoms with Gasteiger partial charge in [0.1, 0.15) is 6.04 Å². The monoisotopic (exact) mass is 219 g/mol. The fraction of sp³-hybridized carbons (Fsp3) is 0.500. The maximum absolute atomic E-state index is 11.0. The maximum atomic E-state index is 11.0. The number of ether oxygens (including phenoxy) is 1. The second kappa shape index (κ2) is 4.33. The summed E-state index contributed by atoms with van der Waals surface area (Å²) in [5.41, 5.74) is 0. The van der Waals surface area contributed by atoms with E-state index in [-0.39, 0.29) is 5.97 Å². The lowest BCUT2D eigenvalue weighted by Gasteiger charge is -2.08. The van der Waals surface area contributed by atoms with Crippen LogP contribution >= 0.6 is 23.6 Å². The van der Waals surface area contributed by atoms with Crippen molar-refractivity contribution in [3.05, 3.63) is 3.95 Å². The topological polar surface area (TPSA) is 67.0 Å². The molecule has 5 nitrogen and oxygen atoms in total. The fourth-order valence-electron chi connectivity index (χ4n) is 0.713. The van der Waals surface area contributed by atoms with Crippen molar-refractivity contribution in [2.24, 2.45) is 0 Å². The van der Waals surface area contributed by atoms with E-state index < -0.39 is 6.04 Å². The Bertz CT molecular complexity index is 346. The van der Waals surface area contributed by atoms with Gasteiger partial charge in [-0.15, -0.1) is 5.10 Å². The van der Waals surface area contributed by atoms with Gasteiger partial charge in [0.15, 0.2) is 3.95 Å². The maximum Gasteiger partial charge on any atom is 0.328 e. The van der Waals surface area contributed by atoms with Gasteiger partial charge in [-0.25, -0.2) is 4.79 Å². The van der Waals surface area contributed by atoms with Crippen LogP contribution in [0.3, 0.4) is 0 Å². The number of anilines is 1. The molecule has 0 aliphatic rings. The number of hydrogen-bond acceptors (Lipinski definition) is 6. The van der Waals surface area contributed by atoms with Crippen LogP contribution in [-0.4, -0.2) is 29.3 Å². The number of aromatic amines is 1. The minimum atomic E-state index is -0.418. The number of H-pyrrole nitrogens is 1. The first-order valence-corrected chi connectivity index (χ1v) is 4.76. The summed E-state index contributed by atoms with van der Waals surface area (Å²) in [5.74, 6) is -0.332. The van der Waals surface area contributed by atoms with Crippen LogP contribution in [0.2, 0.25) is 0 Å². The van der Waals surface area contributed by atoms with Crippen LogP contribution in [0.4, 0.5) is 5.13 Å². The molecule has 0 saturated heterocycles. The van der Waals surface area contributed by atoms with Crippen molar-refractivity contribution in [2.75, 3.05) is 12.4 Å². The van der Waals surface area contributed by atoms with Gasteiger partial charge in [0.25, 0.3) is 0 Å². The van der Waals surface area contributed by atoms with Crippen molar-refractivity contribution < 1.29 is 9.53 Å². The molecule has 0 spiro atoms. The Morgan fingerprint density at radius 3 is 3.00 bits per heavy atom. The number of rotatable bonds is 3. The average molecular weight is 219 g/mol. The first-order chi connectivity index (χ1) is 6.13. The number of methoxy groups -OCH3 is 1. The summed E-state index contributed by atoms with van der Waals surface area (Å²) in [6, 6.07) is -0.418. The fourth-order valence-corrected chi connectivity index (χ4v) is 1.59. The molecule has 1 aromatic rings. The summed E-state index contributed by atoms with van der Waals surface area (Å²) in [4.78, 5) is 11.0. The zero-order valence-electron chi connectivity index (χ0n) is 7.16. The molecule has 72 valence electrons. The molecule has 1 aromatic heterocycles. The van der Waals surface area contributed by atoms with Gasteiger partial charge < -0.3 is 10.1 Å². The van der Waals surface area contributed by atoms with Crippen LogP contribution in [0.25, 0.3) is 0 Å².